The molecule has 68 valence electrons. The van der Waals surface area contributed by atoms with Gasteiger partial charge in [0.05, 0.1) is 5.16 Å². The fraction of sp³-hybridized carbons (Fsp3) is 0.667. The third-order valence-corrected chi connectivity index (χ3v) is 1.35. The summed E-state index contributed by atoms with van der Waals surface area (Å²) in [6, 6.07) is -0.719. The molecular formula is C6H11N3O2S. The maximum Gasteiger partial charge on any atom is 0.327 e. The maximum absolute atomic E-state index is 10.5. The van der Waals surface area contributed by atoms with E-state index >= 15 is 0 Å². The molecule has 0 aromatic heterocycles. The van der Waals surface area contributed by atoms with Crippen molar-refractivity contribution in [3.63, 3.8) is 0 Å². The van der Waals surface area contributed by atoms with Gasteiger partial charge in [0.15, 0.2) is 0 Å². The number of hydrogen-bond acceptors (Lipinski definition) is 5. The highest BCUT2D eigenvalue weighted by Gasteiger charge is 2.14. The van der Waals surface area contributed by atoms with Gasteiger partial charge in [0, 0.05) is 0 Å². The molecule has 0 heterocycles. The average molecular weight is 189 g/mol. The standard InChI is InChI=1S/C6H11N3O2S/c7-3-1-2-5(6(10)11)9-8-4-12/h5,9H,1-3,7H2,(H,10,11)/t5-/m0/s1. The Morgan fingerprint density at radius 1 is 1.83 bits per heavy atom. The summed E-state index contributed by atoms with van der Waals surface area (Å²) in [5.41, 5.74) is 7.58. The zero-order chi connectivity index (χ0) is 9.40. The van der Waals surface area contributed by atoms with Crippen LogP contribution in [0.25, 0.3) is 0 Å². The molecule has 0 saturated heterocycles. The molecule has 0 amide bonds. The SMILES string of the molecule is NCCC[C@H](NN=C=S)C(=O)O. The predicted molar refractivity (Wildman–Crippen MR) is 47.9 cm³/mol. The first-order chi connectivity index (χ1) is 5.72. The monoisotopic (exact) mass is 189 g/mol. The molecule has 1 atom stereocenters. The Morgan fingerprint density at radius 3 is 2.92 bits per heavy atom. The first-order valence-corrected chi connectivity index (χ1v) is 3.88. The van der Waals surface area contributed by atoms with Crippen LogP contribution >= 0.6 is 12.2 Å². The summed E-state index contributed by atoms with van der Waals surface area (Å²) in [6.07, 6.45) is 1.07. The molecule has 5 nitrogen and oxygen atoms in total. The highest BCUT2D eigenvalue weighted by atomic mass is 32.1. The van der Waals surface area contributed by atoms with Crippen LogP contribution in [0.4, 0.5) is 0 Å². The van der Waals surface area contributed by atoms with Crippen molar-refractivity contribution in [1.29, 1.82) is 0 Å². The van der Waals surface area contributed by atoms with E-state index in [4.69, 9.17) is 10.8 Å². The largest absolute Gasteiger partial charge is 0.480 e. The van der Waals surface area contributed by atoms with E-state index in [0.29, 0.717) is 19.4 Å². The van der Waals surface area contributed by atoms with Crippen molar-refractivity contribution in [2.45, 2.75) is 18.9 Å². The minimum Gasteiger partial charge on any atom is -0.480 e. The van der Waals surface area contributed by atoms with Crippen LogP contribution in [0, 0.1) is 0 Å². The van der Waals surface area contributed by atoms with Crippen molar-refractivity contribution in [2.75, 3.05) is 6.54 Å². The topological polar surface area (TPSA) is 87.7 Å². The van der Waals surface area contributed by atoms with E-state index in [1.807, 2.05) is 5.16 Å². The van der Waals surface area contributed by atoms with Crippen molar-refractivity contribution < 1.29 is 9.90 Å². The van der Waals surface area contributed by atoms with Crippen LogP contribution in [0.15, 0.2) is 5.10 Å². The van der Waals surface area contributed by atoms with Crippen molar-refractivity contribution in [2.24, 2.45) is 10.8 Å². The quantitative estimate of drug-likeness (QED) is 0.305. The number of rotatable bonds is 6. The summed E-state index contributed by atoms with van der Waals surface area (Å²) in [7, 11) is 0. The summed E-state index contributed by atoms with van der Waals surface area (Å²) in [5.74, 6) is -0.961. The second-order valence-corrected chi connectivity index (χ2v) is 2.34. The number of hydrogen-bond donors (Lipinski definition) is 3. The lowest BCUT2D eigenvalue weighted by atomic mass is 10.2. The van der Waals surface area contributed by atoms with Crippen LogP contribution < -0.4 is 11.2 Å². The lowest BCUT2D eigenvalue weighted by molar-refractivity contribution is -0.139. The van der Waals surface area contributed by atoms with Crippen LogP contribution in [-0.4, -0.2) is 28.8 Å². The Labute approximate surface area is 75.6 Å². The lowest BCUT2D eigenvalue weighted by Crippen LogP contribution is -2.33. The van der Waals surface area contributed by atoms with E-state index in [-0.39, 0.29) is 0 Å². The van der Waals surface area contributed by atoms with Gasteiger partial charge in [-0.25, -0.2) is 4.79 Å². The third-order valence-electron chi connectivity index (χ3n) is 1.26. The van der Waals surface area contributed by atoms with Gasteiger partial charge in [0.2, 0.25) is 0 Å². The van der Waals surface area contributed by atoms with E-state index in [1.54, 1.807) is 0 Å². The molecule has 0 aromatic carbocycles. The minimum absolute atomic E-state index is 0.437. The number of nitrogens with one attached hydrogen (secondary N) is 1. The number of carboxylic acid groups (broad SMARTS) is 1. The number of nitrogens with zero attached hydrogens (tertiary/aromatic N) is 1. The molecule has 0 fully saturated rings. The van der Waals surface area contributed by atoms with E-state index < -0.39 is 12.0 Å². The van der Waals surface area contributed by atoms with Gasteiger partial charge in [-0.15, -0.1) is 5.10 Å². The molecule has 12 heavy (non-hydrogen) atoms. The Bertz CT molecular complexity index is 191. The van der Waals surface area contributed by atoms with Crippen molar-refractivity contribution >= 4 is 23.3 Å². The van der Waals surface area contributed by atoms with E-state index in [0.717, 1.165) is 0 Å². The van der Waals surface area contributed by atoms with Crippen molar-refractivity contribution in [3.05, 3.63) is 0 Å². The second-order valence-electron chi connectivity index (χ2n) is 2.15. The molecule has 0 aromatic rings. The van der Waals surface area contributed by atoms with Gasteiger partial charge in [-0.2, -0.15) is 0 Å². The van der Waals surface area contributed by atoms with Gasteiger partial charge < -0.3 is 10.8 Å². The van der Waals surface area contributed by atoms with E-state index in [9.17, 15) is 4.79 Å². The number of carboxylic acids is 1. The highest BCUT2D eigenvalue weighted by Crippen LogP contribution is 1.95. The van der Waals surface area contributed by atoms with Crippen molar-refractivity contribution in [3.8, 4) is 0 Å². The number of thiocarbonyl (C=S) groups is 1. The molecule has 0 saturated carbocycles. The minimum atomic E-state index is -0.961. The number of aliphatic carboxylic acids is 1. The molecule has 0 unspecified atom stereocenters. The molecule has 0 aliphatic heterocycles. The Morgan fingerprint density at radius 2 is 2.50 bits per heavy atom. The van der Waals surface area contributed by atoms with Gasteiger partial charge >= 0.3 is 5.97 Å². The Kier molecular flexibility index (Phi) is 6.18. The fourth-order valence-electron chi connectivity index (χ4n) is 0.669. The van der Waals surface area contributed by atoms with Gasteiger partial charge in [-0.3, -0.25) is 5.43 Å². The molecule has 0 radical (unpaired) electrons. The summed E-state index contributed by atoms with van der Waals surface area (Å²) in [5, 5.41) is 14.0. The summed E-state index contributed by atoms with van der Waals surface area (Å²) in [4.78, 5) is 10.5. The molecule has 0 aliphatic rings. The molecule has 0 bridgehead atoms. The van der Waals surface area contributed by atoms with Crippen LogP contribution in [0.1, 0.15) is 12.8 Å². The summed E-state index contributed by atoms with van der Waals surface area (Å²) in [6.45, 7) is 0.465. The van der Waals surface area contributed by atoms with Gasteiger partial charge in [0.25, 0.3) is 0 Å². The van der Waals surface area contributed by atoms with E-state index in [1.165, 1.54) is 0 Å². The average Bonchev–Trinajstić information content (AvgIpc) is 2.04. The molecule has 0 aliphatic carbocycles. The predicted octanol–water partition coefficient (Wildman–Crippen LogP) is -0.214. The highest BCUT2D eigenvalue weighted by molar-refractivity contribution is 7.78. The number of hydrazone groups is 1. The normalized spacial score (nSPS) is 11.4. The van der Waals surface area contributed by atoms with Crippen LogP contribution in [0.3, 0.4) is 0 Å². The molecule has 6 heteroatoms. The smallest absolute Gasteiger partial charge is 0.327 e. The van der Waals surface area contributed by atoms with Crippen molar-refractivity contribution in [1.82, 2.24) is 5.43 Å². The van der Waals surface area contributed by atoms with Crippen LogP contribution in [0.2, 0.25) is 0 Å². The first-order valence-electron chi connectivity index (χ1n) is 3.47. The number of nitrogens with two attached hydrogens (primary N) is 1. The van der Waals surface area contributed by atoms with Gasteiger partial charge in [-0.1, -0.05) is 0 Å². The summed E-state index contributed by atoms with van der Waals surface area (Å²) < 4.78 is 0. The molecular weight excluding hydrogens is 178 g/mol. The fourth-order valence-corrected chi connectivity index (χ4v) is 0.722. The third kappa shape index (κ3) is 4.79. The molecule has 4 N–H and O–H groups in total. The van der Waals surface area contributed by atoms with Gasteiger partial charge in [-0.05, 0) is 31.6 Å². The zero-order valence-corrected chi connectivity index (χ0v) is 7.30. The van der Waals surface area contributed by atoms with Crippen LogP contribution in [-0.2, 0) is 4.79 Å². The number of isothiocyanates is 1. The second kappa shape index (κ2) is 6.72. The maximum atomic E-state index is 10.5. The number of carbonyl (C=O) groups is 1. The lowest BCUT2D eigenvalue weighted by Gasteiger charge is -2.08. The Balaban J connectivity index is 3.86. The van der Waals surface area contributed by atoms with Gasteiger partial charge in [0.1, 0.15) is 6.04 Å². The first kappa shape index (κ1) is 11.0. The molecule has 0 spiro atoms. The Hall–Kier alpha value is -0.970. The molecule has 0 rings (SSSR count). The summed E-state index contributed by atoms with van der Waals surface area (Å²) >= 11 is 4.27. The van der Waals surface area contributed by atoms with E-state index in [2.05, 4.69) is 22.7 Å². The van der Waals surface area contributed by atoms with Crippen LogP contribution in [0.5, 0.6) is 0 Å². The zero-order valence-electron chi connectivity index (χ0n) is 6.49.